The fourth-order valence-corrected chi connectivity index (χ4v) is 6.88. The van der Waals surface area contributed by atoms with Crippen molar-refractivity contribution >= 4 is 35.2 Å². The van der Waals surface area contributed by atoms with Crippen molar-refractivity contribution in [3.63, 3.8) is 0 Å². The topological polar surface area (TPSA) is 40.6 Å². The van der Waals surface area contributed by atoms with Crippen molar-refractivity contribution in [2.24, 2.45) is 0 Å². The van der Waals surface area contributed by atoms with E-state index in [2.05, 4.69) is 54.3 Å². The summed E-state index contributed by atoms with van der Waals surface area (Å²) < 4.78 is 0. The monoisotopic (exact) mass is 572 g/mol. The number of nitrogens with zero attached hydrogens (tertiary/aromatic N) is 2. The number of anilines is 1. The quantitative estimate of drug-likeness (QED) is 0.115. The molecule has 0 aromatic heterocycles. The lowest BCUT2D eigenvalue weighted by molar-refractivity contribution is -0.114. The van der Waals surface area contributed by atoms with Gasteiger partial charge in [-0.3, -0.25) is 14.5 Å². The lowest BCUT2D eigenvalue weighted by atomic mass is 9.99. The Bertz CT molecular complexity index is 1630. The molecule has 5 heteroatoms. The number of thioether (sulfide) groups is 1. The maximum absolute atomic E-state index is 13.8. The maximum atomic E-state index is 13.8. The number of unbranched alkanes of at least 4 members (excludes halogenated alkanes) is 1. The predicted octanol–water partition coefficient (Wildman–Crippen LogP) is 8.09. The van der Waals surface area contributed by atoms with Gasteiger partial charge < -0.3 is 4.90 Å². The van der Waals surface area contributed by atoms with Crippen molar-refractivity contribution < 1.29 is 9.59 Å². The molecular weight excluding hydrogens is 536 g/mol. The Morgan fingerprint density at radius 2 is 1.69 bits per heavy atom. The Hall–Kier alpha value is -3.93. The summed E-state index contributed by atoms with van der Waals surface area (Å²) in [7, 11) is 0. The van der Waals surface area contributed by atoms with Crippen LogP contribution in [0.2, 0.25) is 0 Å². The first kappa shape index (κ1) is 28.2. The summed E-state index contributed by atoms with van der Waals surface area (Å²) in [5.74, 6) is 0.103. The molecule has 4 aromatic carbocycles. The highest BCUT2D eigenvalue weighted by Crippen LogP contribution is 2.43. The van der Waals surface area contributed by atoms with Gasteiger partial charge in [0.15, 0.2) is 5.78 Å². The summed E-state index contributed by atoms with van der Waals surface area (Å²) in [6.07, 6.45) is 5.43. The first-order valence-corrected chi connectivity index (χ1v) is 15.6. The molecule has 4 nitrogen and oxygen atoms in total. The molecule has 4 aromatic rings. The minimum absolute atomic E-state index is 0.0365. The Morgan fingerprint density at radius 1 is 0.881 bits per heavy atom. The molecule has 0 bridgehead atoms. The minimum Gasteiger partial charge on any atom is -0.302 e. The second-order valence-electron chi connectivity index (χ2n) is 11.3. The third-order valence-electron chi connectivity index (χ3n) is 8.11. The van der Waals surface area contributed by atoms with E-state index in [4.69, 9.17) is 0 Å². The molecule has 0 fully saturated rings. The molecule has 6 rings (SSSR count). The number of ketones is 1. The van der Waals surface area contributed by atoms with Crippen LogP contribution < -0.4 is 4.90 Å². The van der Waals surface area contributed by atoms with Gasteiger partial charge in [-0.25, -0.2) is 0 Å². The number of fused-ring (bicyclic) bond motifs is 2. The molecule has 0 spiro atoms. The van der Waals surface area contributed by atoms with E-state index in [1.807, 2.05) is 65.6 Å². The highest BCUT2D eigenvalue weighted by molar-refractivity contribution is 8.04. The van der Waals surface area contributed by atoms with Gasteiger partial charge in [0.1, 0.15) is 0 Å². The van der Waals surface area contributed by atoms with Crippen LogP contribution in [-0.4, -0.2) is 29.7 Å². The van der Waals surface area contributed by atoms with Gasteiger partial charge in [-0.2, -0.15) is 0 Å². The zero-order chi connectivity index (χ0) is 28.9. The van der Waals surface area contributed by atoms with Crippen LogP contribution >= 0.6 is 11.8 Å². The smallest absolute Gasteiger partial charge is 0.265 e. The number of rotatable bonds is 9. The van der Waals surface area contributed by atoms with Gasteiger partial charge in [0.05, 0.1) is 17.1 Å². The molecule has 42 heavy (non-hydrogen) atoms. The van der Waals surface area contributed by atoms with E-state index in [9.17, 15) is 9.59 Å². The summed E-state index contributed by atoms with van der Waals surface area (Å²) in [5.41, 5.74) is 7.60. The second-order valence-corrected chi connectivity index (χ2v) is 12.3. The van der Waals surface area contributed by atoms with Crippen molar-refractivity contribution in [3.05, 3.63) is 135 Å². The van der Waals surface area contributed by atoms with Crippen LogP contribution in [-0.2, 0) is 24.3 Å². The highest BCUT2D eigenvalue weighted by atomic mass is 32.2. The van der Waals surface area contributed by atoms with Crippen LogP contribution in [0.4, 0.5) is 5.69 Å². The number of hydrogen-bond acceptors (Lipinski definition) is 4. The molecule has 0 saturated heterocycles. The summed E-state index contributed by atoms with van der Waals surface area (Å²) >= 11 is 1.48. The van der Waals surface area contributed by atoms with Crippen LogP contribution in [0, 0.1) is 6.92 Å². The van der Waals surface area contributed by atoms with Gasteiger partial charge in [-0.1, -0.05) is 102 Å². The highest BCUT2D eigenvalue weighted by Gasteiger charge is 2.30. The van der Waals surface area contributed by atoms with Gasteiger partial charge in [-0.05, 0) is 73.2 Å². The number of carbonyl (C=O) groups excluding carboxylic acids is 2. The van der Waals surface area contributed by atoms with E-state index in [1.165, 1.54) is 22.9 Å². The van der Waals surface area contributed by atoms with Crippen molar-refractivity contribution in [2.75, 3.05) is 18.0 Å². The zero-order valence-corrected chi connectivity index (χ0v) is 24.9. The van der Waals surface area contributed by atoms with Crippen molar-refractivity contribution in [1.29, 1.82) is 0 Å². The molecule has 212 valence electrons. The SMILES string of the molecule is Cc1cccc(CN2C(=O)/C(=C/c3ccccc3)Sc3ccc(C(=O)CCCCN4CCc5ccccc5C4)cc32)c1. The van der Waals surface area contributed by atoms with E-state index in [-0.39, 0.29) is 11.7 Å². The molecule has 0 N–H and O–H groups in total. The van der Waals surface area contributed by atoms with Crippen molar-refractivity contribution in [3.8, 4) is 0 Å². The summed E-state index contributed by atoms with van der Waals surface area (Å²) in [6.45, 7) is 5.61. The first-order chi connectivity index (χ1) is 20.5. The summed E-state index contributed by atoms with van der Waals surface area (Å²) in [4.78, 5) is 33.2. The van der Waals surface area contributed by atoms with E-state index >= 15 is 0 Å². The van der Waals surface area contributed by atoms with E-state index < -0.39 is 0 Å². The summed E-state index contributed by atoms with van der Waals surface area (Å²) in [6, 6.07) is 32.8. The number of amides is 1. The number of aryl methyl sites for hydroxylation is 1. The molecular formula is C37H36N2O2S. The van der Waals surface area contributed by atoms with Gasteiger partial charge >= 0.3 is 0 Å². The van der Waals surface area contributed by atoms with Gasteiger partial charge in [-0.15, -0.1) is 0 Å². The molecule has 0 unspecified atom stereocenters. The van der Waals surface area contributed by atoms with E-state index in [0.29, 0.717) is 23.4 Å². The molecule has 0 atom stereocenters. The number of benzene rings is 4. The van der Waals surface area contributed by atoms with Gasteiger partial charge in [0.25, 0.3) is 5.91 Å². The molecule has 0 saturated carbocycles. The fourth-order valence-electron chi connectivity index (χ4n) is 5.84. The average molecular weight is 573 g/mol. The molecule has 2 aliphatic heterocycles. The normalized spacial score (nSPS) is 15.9. The fraction of sp³-hybridized carbons (Fsp3) is 0.243. The predicted molar refractivity (Wildman–Crippen MR) is 173 cm³/mol. The third kappa shape index (κ3) is 6.59. The molecule has 2 aliphatic rings. The second kappa shape index (κ2) is 12.9. The largest absolute Gasteiger partial charge is 0.302 e. The molecule has 0 radical (unpaired) electrons. The zero-order valence-electron chi connectivity index (χ0n) is 24.1. The van der Waals surface area contributed by atoms with Crippen LogP contribution in [0.5, 0.6) is 0 Å². The van der Waals surface area contributed by atoms with Crippen molar-refractivity contribution in [1.82, 2.24) is 4.90 Å². The Morgan fingerprint density at radius 3 is 2.52 bits per heavy atom. The van der Waals surface area contributed by atoms with Crippen LogP contribution in [0.25, 0.3) is 6.08 Å². The Kier molecular flexibility index (Phi) is 8.68. The molecule has 2 heterocycles. The first-order valence-electron chi connectivity index (χ1n) is 14.8. The maximum Gasteiger partial charge on any atom is 0.265 e. The molecule has 1 amide bonds. The Labute approximate surface area is 253 Å². The number of Topliss-reactive ketones (excluding diaryl/α,β-unsaturated/α-hetero) is 1. The van der Waals surface area contributed by atoms with E-state index in [1.54, 1.807) is 0 Å². The van der Waals surface area contributed by atoms with Crippen LogP contribution in [0.1, 0.15) is 57.4 Å². The third-order valence-corrected chi connectivity index (χ3v) is 9.18. The Balaban J connectivity index is 1.16. The standard InChI is InChI=1S/C37H36N2O2S/c1-27-10-9-13-29(22-27)25-39-33-24-31(17-18-35(33)42-36(37(39)41)23-28-11-3-2-4-12-28)34(40)16-7-8-20-38-21-19-30-14-5-6-15-32(30)26-38/h2-6,9-15,17-18,22-24H,7-8,16,19-21,25-26H2,1H3/b36-23-. The number of hydrogen-bond donors (Lipinski definition) is 0. The number of carbonyl (C=O) groups is 2. The minimum atomic E-state index is -0.0365. The van der Waals surface area contributed by atoms with Gasteiger partial charge in [0.2, 0.25) is 0 Å². The van der Waals surface area contributed by atoms with Crippen LogP contribution in [0.15, 0.2) is 107 Å². The lowest BCUT2D eigenvalue weighted by Gasteiger charge is -2.31. The van der Waals surface area contributed by atoms with E-state index in [0.717, 1.165) is 66.2 Å². The average Bonchev–Trinajstić information content (AvgIpc) is 3.01. The molecule has 0 aliphatic carbocycles. The van der Waals surface area contributed by atoms with Crippen LogP contribution in [0.3, 0.4) is 0 Å². The van der Waals surface area contributed by atoms with Gasteiger partial charge in [0, 0.05) is 30.0 Å². The van der Waals surface area contributed by atoms with Crippen molar-refractivity contribution in [2.45, 2.75) is 50.6 Å². The summed E-state index contributed by atoms with van der Waals surface area (Å²) in [5, 5.41) is 0. The lowest BCUT2D eigenvalue weighted by Crippen LogP contribution is -2.34.